The molecular formula is C16H18N2O3. The Kier molecular flexibility index (Phi) is 3.51. The van der Waals surface area contributed by atoms with Crippen LogP contribution in [0, 0.1) is 6.92 Å². The molecule has 0 unspecified atom stereocenters. The Morgan fingerprint density at radius 3 is 2.71 bits per heavy atom. The molecule has 1 aliphatic carbocycles. The molecule has 3 rings (SSSR count). The Labute approximate surface area is 123 Å². The van der Waals surface area contributed by atoms with Gasteiger partial charge in [0.15, 0.2) is 0 Å². The molecule has 1 aromatic carbocycles. The van der Waals surface area contributed by atoms with E-state index in [1.54, 1.807) is 6.07 Å². The van der Waals surface area contributed by atoms with E-state index < -0.39 is 5.60 Å². The van der Waals surface area contributed by atoms with Crippen molar-refractivity contribution in [2.75, 3.05) is 6.54 Å². The minimum Gasteiger partial charge on any atom is -0.388 e. The molecule has 1 aromatic heterocycles. The van der Waals surface area contributed by atoms with Crippen molar-refractivity contribution in [3.63, 3.8) is 0 Å². The smallest absolute Gasteiger partial charge is 0.290 e. The molecule has 21 heavy (non-hydrogen) atoms. The average Bonchev–Trinajstić information content (AvgIpc) is 2.93. The number of aliphatic hydroxyl groups is 1. The molecule has 2 aromatic rings. The van der Waals surface area contributed by atoms with E-state index in [0.717, 1.165) is 30.4 Å². The maximum absolute atomic E-state index is 12.0. The first kappa shape index (κ1) is 13.8. The zero-order valence-corrected chi connectivity index (χ0v) is 11.9. The molecule has 0 radical (unpaired) electrons. The number of aryl methyl sites for hydroxylation is 1. The van der Waals surface area contributed by atoms with Crippen LogP contribution in [-0.2, 0) is 0 Å². The number of carbonyl (C=O) groups is 1. The van der Waals surface area contributed by atoms with Gasteiger partial charge in [0, 0.05) is 18.2 Å². The van der Waals surface area contributed by atoms with Gasteiger partial charge in [-0.3, -0.25) is 4.79 Å². The zero-order valence-electron chi connectivity index (χ0n) is 11.9. The Morgan fingerprint density at radius 2 is 2.10 bits per heavy atom. The van der Waals surface area contributed by atoms with Crippen molar-refractivity contribution in [2.24, 2.45) is 0 Å². The summed E-state index contributed by atoms with van der Waals surface area (Å²) in [4.78, 5) is 12.0. The van der Waals surface area contributed by atoms with Crippen LogP contribution in [0.3, 0.4) is 0 Å². The molecule has 5 nitrogen and oxygen atoms in total. The number of aromatic nitrogens is 1. The van der Waals surface area contributed by atoms with Crippen molar-refractivity contribution >= 4 is 5.91 Å². The normalized spacial score (nSPS) is 16.3. The second-order valence-electron chi connectivity index (χ2n) is 5.70. The summed E-state index contributed by atoms with van der Waals surface area (Å²) < 4.78 is 5.08. The Bertz CT molecular complexity index is 642. The van der Waals surface area contributed by atoms with Crippen LogP contribution in [0.25, 0.3) is 11.3 Å². The van der Waals surface area contributed by atoms with Gasteiger partial charge in [0.25, 0.3) is 5.91 Å². The molecule has 0 bridgehead atoms. The second kappa shape index (κ2) is 5.33. The van der Waals surface area contributed by atoms with E-state index in [9.17, 15) is 9.90 Å². The number of hydrogen-bond donors (Lipinski definition) is 2. The quantitative estimate of drug-likeness (QED) is 0.904. The Morgan fingerprint density at radius 1 is 1.38 bits per heavy atom. The highest BCUT2D eigenvalue weighted by atomic mass is 16.5. The van der Waals surface area contributed by atoms with Gasteiger partial charge in [-0.15, -0.1) is 0 Å². The number of benzene rings is 1. The van der Waals surface area contributed by atoms with E-state index in [0.29, 0.717) is 5.69 Å². The highest BCUT2D eigenvalue weighted by Gasteiger charge is 2.34. The molecule has 1 heterocycles. The molecule has 0 saturated heterocycles. The molecule has 1 fully saturated rings. The molecule has 1 amide bonds. The second-order valence-corrected chi connectivity index (χ2v) is 5.70. The summed E-state index contributed by atoms with van der Waals surface area (Å²) in [6, 6.07) is 9.45. The fourth-order valence-corrected chi connectivity index (χ4v) is 2.34. The van der Waals surface area contributed by atoms with Crippen LogP contribution >= 0.6 is 0 Å². The van der Waals surface area contributed by atoms with Gasteiger partial charge < -0.3 is 14.9 Å². The molecule has 0 aliphatic heterocycles. The summed E-state index contributed by atoms with van der Waals surface area (Å²) in [6.45, 7) is 2.27. The van der Waals surface area contributed by atoms with E-state index in [1.807, 2.05) is 31.2 Å². The van der Waals surface area contributed by atoms with E-state index in [4.69, 9.17) is 4.52 Å². The fourth-order valence-electron chi connectivity index (χ4n) is 2.34. The number of nitrogens with one attached hydrogen (secondary N) is 1. The van der Waals surface area contributed by atoms with Crippen LogP contribution in [0.15, 0.2) is 34.9 Å². The van der Waals surface area contributed by atoms with Crippen molar-refractivity contribution < 1.29 is 14.4 Å². The van der Waals surface area contributed by atoms with Crippen LogP contribution in [-0.4, -0.2) is 28.3 Å². The molecule has 5 heteroatoms. The fraction of sp³-hybridized carbons (Fsp3) is 0.375. The summed E-state index contributed by atoms with van der Waals surface area (Å²) in [6.07, 6.45) is 2.48. The van der Waals surface area contributed by atoms with Crippen LogP contribution in [0.4, 0.5) is 0 Å². The van der Waals surface area contributed by atoms with Crippen molar-refractivity contribution in [1.82, 2.24) is 10.5 Å². The van der Waals surface area contributed by atoms with Crippen LogP contribution in [0.2, 0.25) is 0 Å². The van der Waals surface area contributed by atoms with E-state index in [1.165, 1.54) is 0 Å². The third-order valence-electron chi connectivity index (χ3n) is 3.94. The van der Waals surface area contributed by atoms with Gasteiger partial charge in [0.05, 0.1) is 5.60 Å². The molecule has 0 spiro atoms. The van der Waals surface area contributed by atoms with E-state index >= 15 is 0 Å². The molecule has 2 N–H and O–H groups in total. The predicted octanol–water partition coefficient (Wildman–Crippen LogP) is 2.29. The van der Waals surface area contributed by atoms with Crippen LogP contribution in [0.1, 0.15) is 35.4 Å². The van der Waals surface area contributed by atoms with Gasteiger partial charge in [-0.25, -0.2) is 0 Å². The third kappa shape index (κ3) is 2.97. The van der Waals surface area contributed by atoms with Gasteiger partial charge in [-0.1, -0.05) is 35.0 Å². The standard InChI is InChI=1S/C16H18N2O3/c1-11-3-5-12(6-4-11)13-9-14(21-18-13)15(19)17-10-16(20)7-2-8-16/h3-6,9,20H,2,7-8,10H2,1H3,(H,17,19). The number of amides is 1. The summed E-state index contributed by atoms with van der Waals surface area (Å²) >= 11 is 0. The lowest BCUT2D eigenvalue weighted by molar-refractivity contribution is -0.0302. The minimum absolute atomic E-state index is 0.161. The van der Waals surface area contributed by atoms with Crippen molar-refractivity contribution in [3.8, 4) is 11.3 Å². The highest BCUT2D eigenvalue weighted by Crippen LogP contribution is 2.30. The van der Waals surface area contributed by atoms with Gasteiger partial charge in [0.2, 0.25) is 5.76 Å². The van der Waals surface area contributed by atoms with Gasteiger partial charge >= 0.3 is 0 Å². The first-order chi connectivity index (χ1) is 10.1. The van der Waals surface area contributed by atoms with Crippen molar-refractivity contribution in [2.45, 2.75) is 31.8 Å². The van der Waals surface area contributed by atoms with Crippen LogP contribution < -0.4 is 5.32 Å². The van der Waals surface area contributed by atoms with Gasteiger partial charge in [-0.2, -0.15) is 0 Å². The largest absolute Gasteiger partial charge is 0.388 e. The van der Waals surface area contributed by atoms with E-state index in [-0.39, 0.29) is 18.2 Å². The summed E-state index contributed by atoms with van der Waals surface area (Å²) in [5.41, 5.74) is 1.95. The SMILES string of the molecule is Cc1ccc(-c2cc(C(=O)NCC3(O)CCC3)on2)cc1. The summed E-state index contributed by atoms with van der Waals surface area (Å²) in [5, 5.41) is 16.6. The molecule has 1 aliphatic rings. The summed E-state index contributed by atoms with van der Waals surface area (Å²) in [5.74, 6) is -0.185. The molecule has 0 atom stereocenters. The molecule has 110 valence electrons. The zero-order chi connectivity index (χ0) is 14.9. The van der Waals surface area contributed by atoms with Crippen molar-refractivity contribution in [3.05, 3.63) is 41.7 Å². The first-order valence-corrected chi connectivity index (χ1v) is 7.10. The Hall–Kier alpha value is -2.14. The maximum Gasteiger partial charge on any atom is 0.290 e. The Balaban J connectivity index is 1.66. The monoisotopic (exact) mass is 286 g/mol. The summed E-state index contributed by atoms with van der Waals surface area (Å²) in [7, 11) is 0. The van der Waals surface area contributed by atoms with Gasteiger partial charge in [0.1, 0.15) is 5.69 Å². The lowest BCUT2D eigenvalue weighted by atomic mass is 9.80. The molecule has 1 saturated carbocycles. The first-order valence-electron chi connectivity index (χ1n) is 7.10. The molecular weight excluding hydrogens is 268 g/mol. The lowest BCUT2D eigenvalue weighted by Crippen LogP contribution is -2.47. The maximum atomic E-state index is 12.0. The lowest BCUT2D eigenvalue weighted by Gasteiger charge is -2.36. The van der Waals surface area contributed by atoms with Crippen molar-refractivity contribution in [1.29, 1.82) is 0 Å². The number of hydrogen-bond acceptors (Lipinski definition) is 4. The minimum atomic E-state index is -0.741. The predicted molar refractivity (Wildman–Crippen MR) is 77.8 cm³/mol. The number of rotatable bonds is 4. The van der Waals surface area contributed by atoms with Crippen LogP contribution in [0.5, 0.6) is 0 Å². The highest BCUT2D eigenvalue weighted by molar-refractivity contribution is 5.92. The van der Waals surface area contributed by atoms with E-state index in [2.05, 4.69) is 10.5 Å². The average molecular weight is 286 g/mol. The number of carbonyl (C=O) groups excluding carboxylic acids is 1. The topological polar surface area (TPSA) is 75.4 Å². The van der Waals surface area contributed by atoms with Gasteiger partial charge in [-0.05, 0) is 26.2 Å². The number of nitrogens with zero attached hydrogens (tertiary/aromatic N) is 1. The third-order valence-corrected chi connectivity index (χ3v) is 3.94.